The normalized spacial score (nSPS) is 19.2. The van der Waals surface area contributed by atoms with E-state index in [0.717, 1.165) is 59.1 Å². The van der Waals surface area contributed by atoms with Crippen molar-refractivity contribution in [3.05, 3.63) is 42.5 Å². The second-order valence-electron chi connectivity index (χ2n) is 7.81. The second kappa shape index (κ2) is 7.26. The molecule has 30 heavy (non-hydrogen) atoms. The van der Waals surface area contributed by atoms with E-state index < -0.39 is 5.97 Å². The van der Waals surface area contributed by atoms with E-state index in [0.29, 0.717) is 12.3 Å². The molecule has 1 aliphatic rings. The maximum absolute atomic E-state index is 11.2. The molecule has 4 aromatic rings. The molecule has 0 bridgehead atoms. The Morgan fingerprint density at radius 2 is 2.03 bits per heavy atom. The highest BCUT2D eigenvalue weighted by Crippen LogP contribution is 2.40. The molecule has 0 spiro atoms. The van der Waals surface area contributed by atoms with Gasteiger partial charge in [-0.1, -0.05) is 0 Å². The van der Waals surface area contributed by atoms with E-state index in [2.05, 4.69) is 25.6 Å². The Morgan fingerprint density at radius 3 is 2.73 bits per heavy atom. The zero-order chi connectivity index (χ0) is 20.7. The van der Waals surface area contributed by atoms with E-state index in [1.807, 2.05) is 12.3 Å². The number of carboxylic acid groups (broad SMARTS) is 1. The third-order valence-electron chi connectivity index (χ3n) is 6.04. The molecule has 1 aliphatic carbocycles. The molecule has 0 radical (unpaired) electrons. The average Bonchev–Trinajstić information content (AvgIpc) is 3.39. The van der Waals surface area contributed by atoms with E-state index in [4.69, 9.17) is 15.4 Å². The van der Waals surface area contributed by atoms with Gasteiger partial charge in [-0.15, -0.1) is 0 Å². The molecule has 0 amide bonds. The summed E-state index contributed by atoms with van der Waals surface area (Å²) in [5.41, 5.74) is 3.43. The summed E-state index contributed by atoms with van der Waals surface area (Å²) >= 11 is 0. The van der Waals surface area contributed by atoms with Gasteiger partial charge in [0.25, 0.3) is 0 Å². The molecule has 0 atom stereocenters. The number of nitriles is 1. The maximum Gasteiger partial charge on any atom is 0.354 e. The summed E-state index contributed by atoms with van der Waals surface area (Å²) in [6, 6.07) is 7.83. The number of H-pyrrole nitrogens is 1. The topological polar surface area (TPSA) is 120 Å². The van der Waals surface area contributed by atoms with Crippen LogP contribution in [0.3, 0.4) is 0 Å². The van der Waals surface area contributed by atoms with Crippen LogP contribution in [0.15, 0.2) is 36.8 Å². The molecule has 5 rings (SSSR count). The molecule has 4 aromatic heterocycles. The molecule has 1 saturated carbocycles. The number of aromatic nitrogens is 5. The van der Waals surface area contributed by atoms with E-state index in [-0.39, 0.29) is 11.7 Å². The molecule has 0 aromatic carbocycles. The summed E-state index contributed by atoms with van der Waals surface area (Å²) < 4.78 is 2.27. The van der Waals surface area contributed by atoms with Gasteiger partial charge in [-0.3, -0.25) is 0 Å². The Morgan fingerprint density at radius 1 is 1.20 bits per heavy atom. The molecule has 0 saturated heterocycles. The van der Waals surface area contributed by atoms with Crippen molar-refractivity contribution < 1.29 is 9.90 Å². The molecule has 150 valence electrons. The standard InChI is InChI=1S/C22H20N6O2/c23-9-7-13-1-4-15(5-2-13)28-19-16-8-10-24-20(16)26-12-18(19)27-21(28)14-3-6-17(22(29)30)25-11-14/h3,6,8,10-13,15H,1-2,4-5,7H2,(H,24,26)(H,29,30). The van der Waals surface area contributed by atoms with Gasteiger partial charge >= 0.3 is 5.97 Å². The number of imidazole rings is 1. The fourth-order valence-corrected chi connectivity index (χ4v) is 4.54. The van der Waals surface area contributed by atoms with Gasteiger partial charge in [-0.25, -0.2) is 19.7 Å². The third kappa shape index (κ3) is 2.99. The van der Waals surface area contributed by atoms with Crippen LogP contribution >= 0.6 is 0 Å². The Hall–Kier alpha value is -3.73. The highest BCUT2D eigenvalue weighted by molar-refractivity contribution is 6.02. The van der Waals surface area contributed by atoms with Crippen molar-refractivity contribution in [1.82, 2.24) is 24.5 Å². The first kappa shape index (κ1) is 18.3. The van der Waals surface area contributed by atoms with Crippen LogP contribution in [0.25, 0.3) is 33.5 Å². The number of pyridine rings is 2. The number of carbonyl (C=O) groups is 1. The van der Waals surface area contributed by atoms with E-state index >= 15 is 0 Å². The lowest BCUT2D eigenvalue weighted by molar-refractivity contribution is 0.0690. The Labute approximate surface area is 172 Å². The highest BCUT2D eigenvalue weighted by Gasteiger charge is 2.27. The Bertz CT molecular complexity index is 1270. The zero-order valence-electron chi connectivity index (χ0n) is 16.2. The van der Waals surface area contributed by atoms with Crippen LogP contribution in [0.1, 0.15) is 48.6 Å². The minimum atomic E-state index is -1.05. The van der Waals surface area contributed by atoms with Crippen molar-refractivity contribution >= 4 is 28.0 Å². The lowest BCUT2D eigenvalue weighted by Crippen LogP contribution is -2.19. The van der Waals surface area contributed by atoms with E-state index in [1.54, 1.807) is 18.5 Å². The predicted molar refractivity (Wildman–Crippen MR) is 111 cm³/mol. The number of hydrogen-bond donors (Lipinski definition) is 2. The third-order valence-corrected chi connectivity index (χ3v) is 6.04. The molecule has 0 unspecified atom stereocenters. The first-order valence-corrected chi connectivity index (χ1v) is 10.1. The van der Waals surface area contributed by atoms with E-state index in [1.165, 1.54) is 6.07 Å². The maximum atomic E-state index is 11.2. The average molecular weight is 400 g/mol. The second-order valence-corrected chi connectivity index (χ2v) is 7.81. The lowest BCUT2D eigenvalue weighted by Gasteiger charge is -2.30. The van der Waals surface area contributed by atoms with Crippen LogP contribution in [0.4, 0.5) is 0 Å². The van der Waals surface area contributed by atoms with E-state index in [9.17, 15) is 4.79 Å². The molecule has 8 nitrogen and oxygen atoms in total. The lowest BCUT2D eigenvalue weighted by atomic mass is 9.84. The summed E-state index contributed by atoms with van der Waals surface area (Å²) in [4.78, 5) is 27.8. The van der Waals surface area contributed by atoms with Crippen molar-refractivity contribution in [2.24, 2.45) is 5.92 Å². The predicted octanol–water partition coefficient (Wildman–Crippen LogP) is 4.32. The SMILES string of the molecule is N#CCC1CCC(n2c(-c3ccc(C(=O)O)nc3)nc3cnc4[nH]ccc4c32)CC1. The quantitative estimate of drug-likeness (QED) is 0.526. The molecular formula is C22H20N6O2. The smallest absolute Gasteiger partial charge is 0.354 e. The van der Waals surface area contributed by atoms with Crippen LogP contribution in [0.2, 0.25) is 0 Å². The summed E-state index contributed by atoms with van der Waals surface area (Å²) in [6.45, 7) is 0. The van der Waals surface area contributed by atoms with Crippen molar-refractivity contribution in [1.29, 1.82) is 5.26 Å². The fraction of sp³-hybridized carbons (Fsp3) is 0.318. The van der Waals surface area contributed by atoms with Crippen LogP contribution in [0, 0.1) is 17.2 Å². The fourth-order valence-electron chi connectivity index (χ4n) is 4.54. The molecule has 0 aliphatic heterocycles. The van der Waals surface area contributed by atoms with Crippen molar-refractivity contribution in [3.8, 4) is 17.5 Å². The molecule has 2 N–H and O–H groups in total. The largest absolute Gasteiger partial charge is 0.477 e. The molecule has 1 fully saturated rings. The van der Waals surface area contributed by atoms with Gasteiger partial charge in [0, 0.05) is 35.8 Å². The molecule has 8 heteroatoms. The van der Waals surface area contributed by atoms with Gasteiger partial charge in [0.2, 0.25) is 0 Å². The van der Waals surface area contributed by atoms with Gasteiger partial charge in [0.05, 0.1) is 17.8 Å². The van der Waals surface area contributed by atoms with Crippen molar-refractivity contribution in [2.45, 2.75) is 38.1 Å². The van der Waals surface area contributed by atoms with Gasteiger partial charge in [0.15, 0.2) is 0 Å². The number of nitrogens with one attached hydrogen (secondary N) is 1. The highest BCUT2D eigenvalue weighted by atomic mass is 16.4. The first-order chi connectivity index (χ1) is 14.7. The van der Waals surface area contributed by atoms with Gasteiger partial charge < -0.3 is 14.7 Å². The summed E-state index contributed by atoms with van der Waals surface area (Å²) in [5, 5.41) is 19.2. The van der Waals surface area contributed by atoms with Crippen molar-refractivity contribution in [3.63, 3.8) is 0 Å². The van der Waals surface area contributed by atoms with Crippen LogP contribution in [-0.2, 0) is 0 Å². The summed E-state index contributed by atoms with van der Waals surface area (Å²) in [5.74, 6) is 0.174. The van der Waals surface area contributed by atoms with Crippen LogP contribution in [-0.4, -0.2) is 35.6 Å². The molecule has 4 heterocycles. The number of rotatable bonds is 4. The Kier molecular flexibility index (Phi) is 4.43. The zero-order valence-corrected chi connectivity index (χ0v) is 16.2. The number of aromatic carboxylic acids is 1. The minimum Gasteiger partial charge on any atom is -0.477 e. The summed E-state index contributed by atoms with van der Waals surface area (Å²) in [7, 11) is 0. The van der Waals surface area contributed by atoms with Crippen molar-refractivity contribution in [2.75, 3.05) is 0 Å². The Balaban J connectivity index is 1.66. The number of hydrogen-bond acceptors (Lipinski definition) is 5. The van der Waals surface area contributed by atoms with Gasteiger partial charge in [0.1, 0.15) is 22.7 Å². The molecular weight excluding hydrogens is 380 g/mol. The number of nitrogens with zero attached hydrogens (tertiary/aromatic N) is 5. The summed E-state index contributed by atoms with van der Waals surface area (Å²) in [6.07, 6.45) is 9.79. The van der Waals surface area contributed by atoms with Crippen LogP contribution < -0.4 is 0 Å². The monoisotopic (exact) mass is 400 g/mol. The van der Waals surface area contributed by atoms with Crippen LogP contribution in [0.5, 0.6) is 0 Å². The van der Waals surface area contributed by atoms with Gasteiger partial charge in [-0.2, -0.15) is 5.26 Å². The first-order valence-electron chi connectivity index (χ1n) is 10.1. The number of carboxylic acids is 1. The number of fused-ring (bicyclic) bond motifs is 3. The number of aromatic amines is 1. The van der Waals surface area contributed by atoms with Gasteiger partial charge in [-0.05, 0) is 49.8 Å². The minimum absolute atomic E-state index is 0.00751.